The number of hydrogen-bond donors (Lipinski definition) is 0. The SMILES string of the molecule is CC[C@@]1(O[P+](=O)[O-])C(=O)OCc2c1cc1n(c2=O)Cc2c-1nc1ccccc1c2/C=N/OC(C)(C)C.[Na+]. The topological polar surface area (TPSA) is 132 Å². The number of nitrogens with zero attached hydrogens (tertiary/aromatic N) is 3. The number of oxime groups is 1. The van der Waals surface area contributed by atoms with Crippen LogP contribution in [0.25, 0.3) is 22.3 Å². The largest absolute Gasteiger partial charge is 1.00 e. The van der Waals surface area contributed by atoms with Gasteiger partial charge >= 0.3 is 43.8 Å². The molecule has 2 atom stereocenters. The molecular weight excluding hydrogens is 508 g/mol. The summed E-state index contributed by atoms with van der Waals surface area (Å²) in [4.78, 5) is 48.3. The van der Waals surface area contributed by atoms with E-state index in [9.17, 15) is 19.0 Å². The third-order valence-electron chi connectivity index (χ3n) is 6.35. The monoisotopic (exact) mass is 532 g/mol. The molecule has 0 fully saturated rings. The summed E-state index contributed by atoms with van der Waals surface area (Å²) in [5.41, 5.74) is 0.770. The van der Waals surface area contributed by atoms with Crippen LogP contribution in [-0.2, 0) is 42.2 Å². The van der Waals surface area contributed by atoms with E-state index in [1.165, 1.54) is 0 Å². The summed E-state index contributed by atoms with van der Waals surface area (Å²) >= 11 is 0. The van der Waals surface area contributed by atoms with Gasteiger partial charge in [-0.1, -0.05) is 30.3 Å². The van der Waals surface area contributed by atoms with Crippen LogP contribution in [0.3, 0.4) is 0 Å². The van der Waals surface area contributed by atoms with Gasteiger partial charge in [-0.2, -0.15) is 0 Å². The molecule has 37 heavy (non-hydrogen) atoms. The minimum absolute atomic E-state index is 0. The number of para-hydroxylation sites is 1. The number of ether oxygens (including phenoxy) is 1. The van der Waals surface area contributed by atoms with Crippen LogP contribution in [0.4, 0.5) is 0 Å². The zero-order valence-corrected chi connectivity index (χ0v) is 24.1. The molecule has 0 saturated heterocycles. The molecule has 0 aliphatic carbocycles. The van der Waals surface area contributed by atoms with Gasteiger partial charge in [0.15, 0.2) is 0 Å². The molecule has 3 aromatic rings. The summed E-state index contributed by atoms with van der Waals surface area (Å²) in [5, 5.41) is 5.03. The molecule has 0 saturated carbocycles. The maximum Gasteiger partial charge on any atom is 1.00 e. The fourth-order valence-electron chi connectivity index (χ4n) is 4.71. The van der Waals surface area contributed by atoms with Crippen LogP contribution < -0.4 is 40.0 Å². The van der Waals surface area contributed by atoms with Crippen molar-refractivity contribution in [3.05, 3.63) is 62.9 Å². The molecule has 0 radical (unpaired) electrons. The first-order valence-electron chi connectivity index (χ1n) is 11.5. The Bertz CT molecular complexity index is 1530. The summed E-state index contributed by atoms with van der Waals surface area (Å²) in [7, 11) is -3.40. The standard InChI is InChI=1S/C25H24N3O7P.Na/c1-5-25(35-36(31)32)18-10-20-21-16(12-28(20)22(29)17(18)13-33-23(25)30)15(11-26-34-24(2,3)4)14-8-6-7-9-19(14)27-21;/h6-11H,5,12-13H2,1-4H3;/q;+1/b26-11+;/t25-;/m0./s1. The Balaban J connectivity index is 0.00000320. The van der Waals surface area contributed by atoms with Crippen LogP contribution >= 0.6 is 8.25 Å². The first-order chi connectivity index (χ1) is 17.1. The molecule has 12 heteroatoms. The van der Waals surface area contributed by atoms with Gasteiger partial charge < -0.3 is 19.0 Å². The van der Waals surface area contributed by atoms with Crippen LogP contribution in [0.1, 0.15) is 56.4 Å². The molecule has 2 aliphatic heterocycles. The Labute approximate surface area is 235 Å². The number of aromatic nitrogens is 2. The second-order valence-electron chi connectivity index (χ2n) is 9.69. The van der Waals surface area contributed by atoms with Crippen LogP contribution in [0.2, 0.25) is 0 Å². The summed E-state index contributed by atoms with van der Waals surface area (Å²) in [6.07, 6.45) is 1.59. The van der Waals surface area contributed by atoms with Gasteiger partial charge in [-0.25, -0.2) is 9.78 Å². The predicted octanol–water partition coefficient (Wildman–Crippen LogP) is 0.275. The molecular formula is C25H24N3NaO7P+. The van der Waals surface area contributed by atoms with E-state index in [-0.39, 0.29) is 60.3 Å². The Morgan fingerprint density at radius 3 is 2.68 bits per heavy atom. The van der Waals surface area contributed by atoms with Crippen molar-refractivity contribution in [2.45, 2.75) is 58.5 Å². The fraction of sp³-hybridized carbons (Fsp3) is 0.360. The van der Waals surface area contributed by atoms with Crippen LogP contribution in [0.15, 0.2) is 40.3 Å². The molecule has 2 aliphatic rings. The maximum atomic E-state index is 13.6. The van der Waals surface area contributed by atoms with Crippen LogP contribution in [0, 0.1) is 0 Å². The Hall–Kier alpha value is -2.46. The van der Waals surface area contributed by atoms with E-state index in [4.69, 9.17) is 19.1 Å². The molecule has 1 aromatic carbocycles. The second-order valence-corrected chi connectivity index (χ2v) is 10.3. The van der Waals surface area contributed by atoms with Gasteiger partial charge in [-0.15, -0.1) is 4.52 Å². The molecule has 1 unspecified atom stereocenters. The molecule has 0 bridgehead atoms. The van der Waals surface area contributed by atoms with E-state index in [2.05, 4.69) is 5.16 Å². The van der Waals surface area contributed by atoms with E-state index in [1.54, 1.807) is 23.8 Å². The van der Waals surface area contributed by atoms with Gasteiger partial charge in [0, 0.05) is 22.1 Å². The zero-order valence-electron chi connectivity index (χ0n) is 21.2. The van der Waals surface area contributed by atoms with Gasteiger partial charge in [-0.3, -0.25) is 4.79 Å². The zero-order chi connectivity index (χ0) is 25.8. The first kappa shape index (κ1) is 27.6. The quantitative estimate of drug-likeness (QED) is 0.118. The number of carbonyl (C=O) groups excluding carboxylic acids is 1. The molecule has 4 heterocycles. The number of benzene rings is 1. The number of hydrogen-bond acceptors (Lipinski definition) is 9. The maximum absolute atomic E-state index is 13.6. The average Bonchev–Trinajstić information content (AvgIpc) is 3.18. The summed E-state index contributed by atoms with van der Waals surface area (Å²) in [6, 6.07) is 9.16. The van der Waals surface area contributed by atoms with Gasteiger partial charge in [0.1, 0.15) is 12.2 Å². The van der Waals surface area contributed by atoms with E-state index >= 15 is 0 Å². The van der Waals surface area contributed by atoms with Crippen molar-refractivity contribution < 1.29 is 57.9 Å². The van der Waals surface area contributed by atoms with E-state index in [1.807, 2.05) is 45.0 Å². The molecule has 5 rings (SSSR count). The number of fused-ring (bicyclic) bond motifs is 5. The fourth-order valence-corrected chi connectivity index (χ4v) is 5.27. The molecule has 0 spiro atoms. The van der Waals surface area contributed by atoms with Gasteiger partial charge in [0.2, 0.25) is 5.60 Å². The van der Waals surface area contributed by atoms with Gasteiger partial charge in [0.05, 0.1) is 35.2 Å². The average molecular weight is 532 g/mol. The normalized spacial score (nSPS) is 18.6. The second kappa shape index (κ2) is 10.0. The van der Waals surface area contributed by atoms with E-state index in [0.717, 1.165) is 16.5 Å². The Morgan fingerprint density at radius 2 is 2.00 bits per heavy atom. The van der Waals surface area contributed by atoms with E-state index in [0.29, 0.717) is 16.9 Å². The van der Waals surface area contributed by atoms with Crippen LogP contribution in [0.5, 0.6) is 0 Å². The van der Waals surface area contributed by atoms with Crippen molar-refractivity contribution in [2.24, 2.45) is 5.16 Å². The third kappa shape index (κ3) is 4.67. The van der Waals surface area contributed by atoms with Gasteiger partial charge in [-0.05, 0) is 43.9 Å². The summed E-state index contributed by atoms with van der Waals surface area (Å²) < 4.78 is 23.4. The number of pyridine rings is 2. The van der Waals surface area contributed by atoms with Crippen molar-refractivity contribution in [2.75, 3.05) is 0 Å². The minimum Gasteiger partial charge on any atom is -0.566 e. The van der Waals surface area contributed by atoms with Crippen molar-refractivity contribution in [3.8, 4) is 11.4 Å². The first-order valence-corrected chi connectivity index (χ1v) is 12.6. The van der Waals surface area contributed by atoms with Crippen molar-refractivity contribution >= 4 is 31.3 Å². The summed E-state index contributed by atoms with van der Waals surface area (Å²) in [5.74, 6) is -0.849. The molecule has 10 nitrogen and oxygen atoms in total. The van der Waals surface area contributed by atoms with Crippen LogP contribution in [-0.4, -0.2) is 27.3 Å². The number of esters is 1. The summed E-state index contributed by atoms with van der Waals surface area (Å²) in [6.45, 7) is 7.22. The molecule has 2 aromatic heterocycles. The molecule has 186 valence electrons. The van der Waals surface area contributed by atoms with Gasteiger partial charge in [0.25, 0.3) is 5.56 Å². The Kier molecular flexibility index (Phi) is 7.47. The van der Waals surface area contributed by atoms with Crippen molar-refractivity contribution in [1.82, 2.24) is 9.55 Å². The molecule has 0 N–H and O–H groups in total. The van der Waals surface area contributed by atoms with Crippen molar-refractivity contribution in [3.63, 3.8) is 0 Å². The number of cyclic esters (lactones) is 1. The molecule has 0 amide bonds. The third-order valence-corrected chi connectivity index (χ3v) is 6.81. The Morgan fingerprint density at radius 1 is 1.27 bits per heavy atom. The smallest absolute Gasteiger partial charge is 0.566 e. The predicted molar refractivity (Wildman–Crippen MR) is 129 cm³/mol. The minimum atomic E-state index is -3.40. The number of rotatable bonds is 5. The van der Waals surface area contributed by atoms with Crippen molar-refractivity contribution in [1.29, 1.82) is 0 Å². The number of carbonyl (C=O) groups is 1. The van der Waals surface area contributed by atoms with E-state index < -0.39 is 31.0 Å².